The number of nitrogens with one attached hydrogen (secondary N) is 2. The van der Waals surface area contributed by atoms with E-state index < -0.39 is 0 Å². The van der Waals surface area contributed by atoms with E-state index in [-0.39, 0.29) is 24.1 Å². The van der Waals surface area contributed by atoms with Crippen LogP contribution >= 0.6 is 0 Å². The summed E-state index contributed by atoms with van der Waals surface area (Å²) in [6, 6.07) is -0.225. The van der Waals surface area contributed by atoms with Gasteiger partial charge in [0, 0.05) is 26.1 Å². The van der Waals surface area contributed by atoms with Gasteiger partial charge in [0.1, 0.15) is 5.82 Å². The van der Waals surface area contributed by atoms with Crippen molar-refractivity contribution in [2.75, 3.05) is 13.2 Å². The lowest BCUT2D eigenvalue weighted by Crippen LogP contribution is -2.40. The monoisotopic (exact) mass is 323 g/mol. The lowest BCUT2D eigenvalue weighted by Gasteiger charge is -2.24. The SMILES string of the molecule is CCc1nc2n(n1)CCCC2NC(=O)NCCCC(C)(C)CO. The highest BCUT2D eigenvalue weighted by Crippen LogP contribution is 2.23. The van der Waals surface area contributed by atoms with Gasteiger partial charge in [-0.15, -0.1) is 0 Å². The Morgan fingerprint density at radius 2 is 2.26 bits per heavy atom. The third kappa shape index (κ3) is 4.92. The lowest BCUT2D eigenvalue weighted by molar-refractivity contribution is 0.148. The van der Waals surface area contributed by atoms with Crippen molar-refractivity contribution >= 4 is 6.03 Å². The molecule has 23 heavy (non-hydrogen) atoms. The van der Waals surface area contributed by atoms with E-state index in [0.29, 0.717) is 6.54 Å². The van der Waals surface area contributed by atoms with Gasteiger partial charge in [0.05, 0.1) is 6.04 Å². The molecule has 2 rings (SSSR count). The number of urea groups is 1. The number of nitrogens with zero attached hydrogens (tertiary/aromatic N) is 3. The Balaban J connectivity index is 1.79. The molecule has 0 fully saturated rings. The molecule has 0 bridgehead atoms. The van der Waals surface area contributed by atoms with Gasteiger partial charge in [0.15, 0.2) is 5.82 Å². The number of aryl methyl sites for hydroxylation is 2. The summed E-state index contributed by atoms with van der Waals surface area (Å²) in [5, 5.41) is 19.6. The average Bonchev–Trinajstić information content (AvgIpc) is 2.96. The molecule has 1 atom stereocenters. The molecule has 0 aliphatic carbocycles. The fraction of sp³-hybridized carbons (Fsp3) is 0.812. The maximum Gasteiger partial charge on any atom is 0.315 e. The van der Waals surface area contributed by atoms with Crippen LogP contribution in [0.2, 0.25) is 0 Å². The van der Waals surface area contributed by atoms with E-state index in [1.165, 1.54) is 0 Å². The minimum atomic E-state index is -0.161. The van der Waals surface area contributed by atoms with E-state index in [1.807, 2.05) is 25.5 Å². The Hall–Kier alpha value is -1.63. The van der Waals surface area contributed by atoms with Crippen LogP contribution in [0, 0.1) is 5.41 Å². The number of fused-ring (bicyclic) bond motifs is 1. The Morgan fingerprint density at radius 3 is 2.96 bits per heavy atom. The number of aliphatic hydroxyl groups excluding tert-OH is 1. The summed E-state index contributed by atoms with van der Waals surface area (Å²) in [6.45, 7) is 7.72. The molecule has 1 unspecified atom stereocenters. The van der Waals surface area contributed by atoms with Crippen molar-refractivity contribution in [1.82, 2.24) is 25.4 Å². The fourth-order valence-electron chi connectivity index (χ4n) is 2.74. The number of amides is 2. The van der Waals surface area contributed by atoms with Crippen molar-refractivity contribution in [2.45, 2.75) is 65.5 Å². The zero-order valence-electron chi connectivity index (χ0n) is 14.4. The molecule has 2 amide bonds. The zero-order chi connectivity index (χ0) is 16.9. The number of aromatic nitrogens is 3. The Kier molecular flexibility index (Phi) is 5.98. The first kappa shape index (κ1) is 17.7. The molecule has 130 valence electrons. The number of carbonyl (C=O) groups excluding carboxylic acids is 1. The van der Waals surface area contributed by atoms with Crippen LogP contribution in [0.25, 0.3) is 0 Å². The van der Waals surface area contributed by atoms with Gasteiger partial charge in [-0.05, 0) is 31.1 Å². The van der Waals surface area contributed by atoms with Crippen LogP contribution in [-0.2, 0) is 13.0 Å². The second-order valence-electron chi connectivity index (χ2n) is 6.98. The van der Waals surface area contributed by atoms with Crippen molar-refractivity contribution in [3.8, 4) is 0 Å². The van der Waals surface area contributed by atoms with E-state index in [0.717, 1.165) is 50.3 Å². The van der Waals surface area contributed by atoms with Crippen LogP contribution in [0.4, 0.5) is 4.79 Å². The van der Waals surface area contributed by atoms with Gasteiger partial charge in [-0.1, -0.05) is 20.8 Å². The molecule has 0 saturated heterocycles. The largest absolute Gasteiger partial charge is 0.396 e. The van der Waals surface area contributed by atoms with Crippen molar-refractivity contribution in [2.24, 2.45) is 5.41 Å². The summed E-state index contributed by atoms with van der Waals surface area (Å²) >= 11 is 0. The smallest absolute Gasteiger partial charge is 0.315 e. The van der Waals surface area contributed by atoms with Crippen molar-refractivity contribution in [1.29, 1.82) is 0 Å². The number of carbonyl (C=O) groups is 1. The van der Waals surface area contributed by atoms with Crippen LogP contribution in [-0.4, -0.2) is 39.1 Å². The first-order valence-electron chi connectivity index (χ1n) is 8.54. The van der Waals surface area contributed by atoms with E-state index in [2.05, 4.69) is 20.7 Å². The molecule has 0 spiro atoms. The molecule has 1 aromatic heterocycles. The molecule has 3 N–H and O–H groups in total. The van der Waals surface area contributed by atoms with Gasteiger partial charge < -0.3 is 15.7 Å². The normalized spacial score (nSPS) is 17.7. The minimum absolute atomic E-state index is 0.0644. The molecule has 1 aliphatic heterocycles. The first-order chi connectivity index (χ1) is 10.9. The number of hydrogen-bond donors (Lipinski definition) is 3. The molecular weight excluding hydrogens is 294 g/mol. The third-order valence-electron chi connectivity index (χ3n) is 4.28. The van der Waals surface area contributed by atoms with Gasteiger partial charge in [0.2, 0.25) is 0 Å². The fourth-order valence-corrected chi connectivity index (χ4v) is 2.74. The lowest BCUT2D eigenvalue weighted by atomic mass is 9.89. The first-order valence-corrected chi connectivity index (χ1v) is 8.54. The Labute approximate surface area is 137 Å². The zero-order valence-corrected chi connectivity index (χ0v) is 14.4. The summed E-state index contributed by atoms with van der Waals surface area (Å²) in [7, 11) is 0. The van der Waals surface area contributed by atoms with Crippen molar-refractivity contribution in [3.05, 3.63) is 11.6 Å². The van der Waals surface area contributed by atoms with Crippen LogP contribution in [0.1, 0.15) is 64.1 Å². The number of aliphatic hydroxyl groups is 1. The summed E-state index contributed by atoms with van der Waals surface area (Å²) in [5.41, 5.74) is -0.0888. The molecule has 0 saturated carbocycles. The summed E-state index contributed by atoms with van der Waals surface area (Å²) in [5.74, 6) is 1.70. The average molecular weight is 323 g/mol. The van der Waals surface area contributed by atoms with Gasteiger partial charge in [0.25, 0.3) is 0 Å². The third-order valence-corrected chi connectivity index (χ3v) is 4.28. The standard InChI is InChI=1S/C16H29N5O2/c1-4-13-19-14-12(7-5-10-21(14)20-13)18-15(23)17-9-6-8-16(2,3)11-22/h12,22H,4-11H2,1-3H3,(H2,17,18,23). The maximum atomic E-state index is 12.1. The predicted molar refractivity (Wildman–Crippen MR) is 88.0 cm³/mol. The van der Waals surface area contributed by atoms with Gasteiger partial charge >= 0.3 is 6.03 Å². The maximum absolute atomic E-state index is 12.1. The molecule has 1 aromatic rings. The molecule has 0 aromatic carbocycles. The quantitative estimate of drug-likeness (QED) is 0.667. The Morgan fingerprint density at radius 1 is 1.48 bits per heavy atom. The minimum Gasteiger partial charge on any atom is -0.396 e. The highest BCUT2D eigenvalue weighted by atomic mass is 16.3. The van der Waals surface area contributed by atoms with Crippen LogP contribution in [0.15, 0.2) is 0 Å². The molecule has 7 nitrogen and oxygen atoms in total. The highest BCUT2D eigenvalue weighted by Gasteiger charge is 2.25. The van der Waals surface area contributed by atoms with E-state index in [1.54, 1.807) is 0 Å². The highest BCUT2D eigenvalue weighted by molar-refractivity contribution is 5.74. The van der Waals surface area contributed by atoms with E-state index in [9.17, 15) is 9.90 Å². The summed E-state index contributed by atoms with van der Waals surface area (Å²) in [4.78, 5) is 16.6. The van der Waals surface area contributed by atoms with Gasteiger partial charge in [-0.2, -0.15) is 5.10 Å². The van der Waals surface area contributed by atoms with Crippen molar-refractivity contribution < 1.29 is 9.90 Å². The molecule has 1 aliphatic rings. The molecule has 0 radical (unpaired) electrons. The summed E-state index contributed by atoms with van der Waals surface area (Å²) in [6.07, 6.45) is 4.42. The summed E-state index contributed by atoms with van der Waals surface area (Å²) < 4.78 is 1.91. The van der Waals surface area contributed by atoms with Crippen molar-refractivity contribution in [3.63, 3.8) is 0 Å². The van der Waals surface area contributed by atoms with E-state index >= 15 is 0 Å². The Bertz CT molecular complexity index is 527. The molecule has 7 heteroatoms. The topological polar surface area (TPSA) is 92.1 Å². The number of rotatable bonds is 7. The predicted octanol–water partition coefficient (Wildman–Crippen LogP) is 1.77. The molecular formula is C16H29N5O2. The van der Waals surface area contributed by atoms with Gasteiger partial charge in [-0.25, -0.2) is 14.5 Å². The molecule has 2 heterocycles. The van der Waals surface area contributed by atoms with Crippen LogP contribution in [0.5, 0.6) is 0 Å². The van der Waals surface area contributed by atoms with Crippen LogP contribution in [0.3, 0.4) is 0 Å². The van der Waals surface area contributed by atoms with Crippen LogP contribution < -0.4 is 10.6 Å². The second kappa shape index (κ2) is 7.77. The van der Waals surface area contributed by atoms with E-state index in [4.69, 9.17) is 0 Å². The number of hydrogen-bond acceptors (Lipinski definition) is 4. The van der Waals surface area contributed by atoms with Gasteiger partial charge in [-0.3, -0.25) is 0 Å². The second-order valence-corrected chi connectivity index (χ2v) is 6.98.